The van der Waals surface area contributed by atoms with Gasteiger partial charge in [0.05, 0.1) is 18.8 Å². The number of nitrogen functional groups attached to an aromatic ring is 1. The number of rotatable bonds is 6. The van der Waals surface area contributed by atoms with Gasteiger partial charge in [0.15, 0.2) is 0 Å². The smallest absolute Gasteiger partial charge is 0.338 e. The molecular formula is C15H19N3O3. The van der Waals surface area contributed by atoms with Crippen molar-refractivity contribution in [3.05, 3.63) is 41.7 Å². The highest BCUT2D eigenvalue weighted by molar-refractivity contribution is 5.91. The van der Waals surface area contributed by atoms with E-state index in [9.17, 15) is 4.79 Å². The lowest BCUT2D eigenvalue weighted by molar-refractivity contribution is 0.0507. The van der Waals surface area contributed by atoms with Crippen LogP contribution in [0.1, 0.15) is 23.0 Å². The van der Waals surface area contributed by atoms with Gasteiger partial charge in [0.25, 0.3) is 0 Å². The lowest BCUT2D eigenvalue weighted by Gasteiger charge is -2.08. The number of aromatic nitrogens is 2. The first-order valence-corrected chi connectivity index (χ1v) is 6.77. The van der Waals surface area contributed by atoms with Gasteiger partial charge < -0.3 is 15.2 Å². The van der Waals surface area contributed by atoms with Gasteiger partial charge in [-0.3, -0.25) is 4.68 Å². The van der Waals surface area contributed by atoms with Crippen molar-refractivity contribution in [1.82, 2.24) is 9.78 Å². The summed E-state index contributed by atoms with van der Waals surface area (Å²) in [7, 11) is 1.85. The molecule has 0 unspecified atom stereocenters. The Morgan fingerprint density at radius 3 is 2.86 bits per heavy atom. The van der Waals surface area contributed by atoms with Crippen molar-refractivity contribution in [3.8, 4) is 5.75 Å². The number of hydrogen-bond donors (Lipinski definition) is 1. The van der Waals surface area contributed by atoms with Crippen LogP contribution in [-0.4, -0.2) is 29.0 Å². The fourth-order valence-corrected chi connectivity index (χ4v) is 1.97. The molecule has 0 aliphatic rings. The summed E-state index contributed by atoms with van der Waals surface area (Å²) < 4.78 is 12.4. The molecule has 0 bridgehead atoms. The zero-order valence-electron chi connectivity index (χ0n) is 12.2. The zero-order chi connectivity index (χ0) is 15.2. The third kappa shape index (κ3) is 3.98. The van der Waals surface area contributed by atoms with Crippen LogP contribution in [0, 0.1) is 0 Å². The third-order valence-electron chi connectivity index (χ3n) is 2.99. The Hall–Kier alpha value is -2.50. The molecule has 0 saturated carbocycles. The number of benzene rings is 1. The lowest BCUT2D eigenvalue weighted by Crippen LogP contribution is -2.10. The molecule has 0 fully saturated rings. The average molecular weight is 289 g/mol. The molecule has 0 aliphatic heterocycles. The number of carbonyl (C=O) groups excluding carboxylic acids is 1. The molecule has 0 spiro atoms. The fourth-order valence-electron chi connectivity index (χ4n) is 1.97. The Morgan fingerprint density at radius 2 is 2.19 bits per heavy atom. The van der Waals surface area contributed by atoms with Gasteiger partial charge in [-0.25, -0.2) is 4.79 Å². The maximum Gasteiger partial charge on any atom is 0.338 e. The van der Waals surface area contributed by atoms with Gasteiger partial charge in [-0.2, -0.15) is 5.10 Å². The Labute approximate surface area is 123 Å². The number of hydrogen-bond acceptors (Lipinski definition) is 5. The first-order chi connectivity index (χ1) is 10.1. The van der Waals surface area contributed by atoms with E-state index in [1.54, 1.807) is 29.1 Å². The molecule has 2 rings (SSSR count). The number of ether oxygens (including phenoxy) is 2. The molecule has 21 heavy (non-hydrogen) atoms. The van der Waals surface area contributed by atoms with E-state index in [1.165, 1.54) is 0 Å². The Balaban J connectivity index is 1.95. The minimum absolute atomic E-state index is 0.289. The van der Waals surface area contributed by atoms with Crippen LogP contribution in [0.5, 0.6) is 5.75 Å². The second kappa shape index (κ2) is 6.78. The van der Waals surface area contributed by atoms with Gasteiger partial charge >= 0.3 is 5.97 Å². The van der Waals surface area contributed by atoms with Gasteiger partial charge in [-0.1, -0.05) is 0 Å². The summed E-state index contributed by atoms with van der Waals surface area (Å²) in [6.07, 6.45) is 2.33. The van der Waals surface area contributed by atoms with Crippen LogP contribution in [0.25, 0.3) is 0 Å². The van der Waals surface area contributed by atoms with Crippen LogP contribution in [0.2, 0.25) is 0 Å². The van der Waals surface area contributed by atoms with Crippen LogP contribution in [-0.2, 0) is 18.2 Å². The highest BCUT2D eigenvalue weighted by atomic mass is 16.5. The van der Waals surface area contributed by atoms with E-state index in [0.717, 1.165) is 5.69 Å². The molecule has 0 aliphatic carbocycles. The molecule has 1 heterocycles. The quantitative estimate of drug-likeness (QED) is 0.648. The highest BCUT2D eigenvalue weighted by Gasteiger charge is 2.10. The van der Waals surface area contributed by atoms with Gasteiger partial charge in [0.2, 0.25) is 0 Å². The molecule has 1 aromatic heterocycles. The van der Waals surface area contributed by atoms with E-state index in [4.69, 9.17) is 15.2 Å². The van der Waals surface area contributed by atoms with Crippen LogP contribution in [0.15, 0.2) is 30.5 Å². The summed E-state index contributed by atoms with van der Waals surface area (Å²) in [5, 5.41) is 4.06. The summed E-state index contributed by atoms with van der Waals surface area (Å²) in [5.74, 6) is 0.154. The second-order valence-electron chi connectivity index (χ2n) is 4.56. The largest absolute Gasteiger partial charge is 0.494 e. The predicted molar refractivity (Wildman–Crippen MR) is 79.2 cm³/mol. The number of esters is 1. The van der Waals surface area contributed by atoms with Crippen LogP contribution < -0.4 is 10.5 Å². The molecule has 0 saturated heterocycles. The van der Waals surface area contributed by atoms with E-state index >= 15 is 0 Å². The van der Waals surface area contributed by atoms with Gasteiger partial charge in [0.1, 0.15) is 5.75 Å². The predicted octanol–water partition coefficient (Wildman–Crippen LogP) is 1.80. The van der Waals surface area contributed by atoms with Gasteiger partial charge in [-0.05, 0) is 25.1 Å². The molecule has 0 amide bonds. The molecule has 2 N–H and O–H groups in total. The van der Waals surface area contributed by atoms with E-state index in [1.807, 2.05) is 20.0 Å². The van der Waals surface area contributed by atoms with Crippen molar-refractivity contribution in [3.63, 3.8) is 0 Å². The monoisotopic (exact) mass is 289 g/mol. The first kappa shape index (κ1) is 14.9. The van der Waals surface area contributed by atoms with Crippen molar-refractivity contribution in [2.75, 3.05) is 18.9 Å². The normalized spacial score (nSPS) is 10.4. The van der Waals surface area contributed by atoms with Crippen molar-refractivity contribution in [2.24, 2.45) is 7.05 Å². The molecule has 0 radical (unpaired) electrons. The number of nitrogens with zero attached hydrogens (tertiary/aromatic N) is 2. The Bertz CT molecular complexity index is 622. The maximum absolute atomic E-state index is 12.0. The number of nitrogens with two attached hydrogens (primary N) is 1. The maximum atomic E-state index is 12.0. The Kier molecular flexibility index (Phi) is 4.81. The van der Waals surface area contributed by atoms with Gasteiger partial charge in [-0.15, -0.1) is 0 Å². The van der Waals surface area contributed by atoms with Crippen LogP contribution in [0.3, 0.4) is 0 Å². The molecular weight excluding hydrogens is 270 g/mol. The molecule has 6 heteroatoms. The molecule has 2 aromatic rings. The SMILES string of the molecule is CCOc1cc(N)cc(C(=O)OCCc2ccnn2C)c1. The summed E-state index contributed by atoms with van der Waals surface area (Å²) in [6, 6.07) is 6.78. The third-order valence-corrected chi connectivity index (χ3v) is 2.99. The minimum Gasteiger partial charge on any atom is -0.494 e. The van der Waals surface area contributed by atoms with E-state index in [-0.39, 0.29) is 6.61 Å². The number of aryl methyl sites for hydroxylation is 1. The van der Waals surface area contributed by atoms with Gasteiger partial charge in [0, 0.05) is 37.1 Å². The molecule has 1 aromatic carbocycles. The van der Waals surface area contributed by atoms with Crippen molar-refractivity contribution in [1.29, 1.82) is 0 Å². The lowest BCUT2D eigenvalue weighted by atomic mass is 10.2. The Morgan fingerprint density at radius 1 is 1.38 bits per heavy atom. The fraction of sp³-hybridized carbons (Fsp3) is 0.333. The topological polar surface area (TPSA) is 79.4 Å². The van der Waals surface area contributed by atoms with Crippen molar-refractivity contribution < 1.29 is 14.3 Å². The standard InChI is InChI=1S/C15H19N3O3/c1-3-20-14-9-11(8-12(16)10-14)15(19)21-7-5-13-4-6-17-18(13)2/h4,6,8-10H,3,5,7,16H2,1-2H3. The minimum atomic E-state index is -0.412. The number of anilines is 1. The number of carbonyl (C=O) groups is 1. The first-order valence-electron chi connectivity index (χ1n) is 6.77. The average Bonchev–Trinajstić information content (AvgIpc) is 2.84. The van der Waals surface area contributed by atoms with E-state index in [2.05, 4.69) is 5.10 Å². The zero-order valence-corrected chi connectivity index (χ0v) is 12.2. The van der Waals surface area contributed by atoms with E-state index in [0.29, 0.717) is 30.0 Å². The summed E-state index contributed by atoms with van der Waals surface area (Å²) in [4.78, 5) is 12.0. The van der Waals surface area contributed by atoms with E-state index < -0.39 is 5.97 Å². The van der Waals surface area contributed by atoms with Crippen LogP contribution in [0.4, 0.5) is 5.69 Å². The van der Waals surface area contributed by atoms with Crippen LogP contribution >= 0.6 is 0 Å². The summed E-state index contributed by atoms with van der Waals surface area (Å²) >= 11 is 0. The summed E-state index contributed by atoms with van der Waals surface area (Å²) in [5.41, 5.74) is 7.62. The van der Waals surface area contributed by atoms with Crippen molar-refractivity contribution in [2.45, 2.75) is 13.3 Å². The van der Waals surface area contributed by atoms with Crippen molar-refractivity contribution >= 4 is 11.7 Å². The second-order valence-corrected chi connectivity index (χ2v) is 4.56. The summed E-state index contributed by atoms with van der Waals surface area (Å²) in [6.45, 7) is 2.67. The molecule has 0 atom stereocenters. The molecule has 6 nitrogen and oxygen atoms in total. The molecule has 112 valence electrons. The highest BCUT2D eigenvalue weighted by Crippen LogP contribution is 2.19.